The Balaban J connectivity index is 1.37. The molecule has 2 heterocycles. The predicted octanol–water partition coefficient (Wildman–Crippen LogP) is 4.62. The molecule has 2 aromatic rings. The lowest BCUT2D eigenvalue weighted by Gasteiger charge is -2.24. The number of para-hydroxylation sites is 2. The Morgan fingerprint density at radius 2 is 1.17 bits per heavy atom. The summed E-state index contributed by atoms with van der Waals surface area (Å²) >= 11 is 1.40. The molecule has 2 aromatic carbocycles. The second-order valence-electron chi connectivity index (χ2n) is 7.08. The van der Waals surface area contributed by atoms with Crippen LogP contribution in [0, 0.1) is 0 Å². The average molecular weight is 405 g/mol. The van der Waals surface area contributed by atoms with E-state index in [-0.39, 0.29) is 11.8 Å². The van der Waals surface area contributed by atoms with Gasteiger partial charge in [0.1, 0.15) is 0 Å². The lowest BCUT2D eigenvalue weighted by atomic mass is 10.1. The predicted molar refractivity (Wildman–Crippen MR) is 122 cm³/mol. The Bertz CT molecular complexity index is 889. The van der Waals surface area contributed by atoms with Gasteiger partial charge in [0.15, 0.2) is 0 Å². The molecule has 4 rings (SSSR count). The van der Waals surface area contributed by atoms with Gasteiger partial charge in [-0.15, -0.1) is 11.8 Å². The molecule has 0 spiro atoms. The largest absolute Gasteiger partial charge is 0.311 e. The van der Waals surface area contributed by atoms with Gasteiger partial charge < -0.3 is 9.80 Å². The van der Waals surface area contributed by atoms with Crippen molar-refractivity contribution in [3.05, 3.63) is 71.8 Å². The zero-order valence-electron chi connectivity index (χ0n) is 16.3. The third kappa shape index (κ3) is 4.46. The maximum atomic E-state index is 12.9. The van der Waals surface area contributed by atoms with Gasteiger partial charge in [0.2, 0.25) is 11.8 Å². The number of hydrogen-bond acceptors (Lipinski definition) is 3. The van der Waals surface area contributed by atoms with E-state index < -0.39 is 0 Å². The second kappa shape index (κ2) is 9.14. The fraction of sp³-hybridized carbons (Fsp3) is 0.250. The fourth-order valence-electron chi connectivity index (χ4n) is 3.72. The molecule has 0 atom stereocenters. The van der Waals surface area contributed by atoms with E-state index in [4.69, 9.17) is 0 Å². The number of thioether (sulfide) groups is 1. The van der Waals surface area contributed by atoms with E-state index in [0.29, 0.717) is 24.6 Å². The smallest absolute Gasteiger partial charge is 0.237 e. The molecule has 5 heteroatoms. The molecule has 2 amide bonds. The number of rotatable bonds is 4. The second-order valence-corrected chi connectivity index (χ2v) is 8.07. The summed E-state index contributed by atoms with van der Waals surface area (Å²) in [5, 5.41) is 0. The van der Waals surface area contributed by atoms with Crippen molar-refractivity contribution in [2.75, 3.05) is 34.4 Å². The quantitative estimate of drug-likeness (QED) is 0.747. The first-order valence-electron chi connectivity index (χ1n) is 9.93. The van der Waals surface area contributed by atoms with Crippen molar-refractivity contribution in [2.45, 2.75) is 12.8 Å². The van der Waals surface area contributed by atoms with Crippen molar-refractivity contribution < 1.29 is 9.59 Å². The summed E-state index contributed by atoms with van der Waals surface area (Å²) in [6.07, 6.45) is 10.0. The van der Waals surface area contributed by atoms with Crippen molar-refractivity contribution in [3.63, 3.8) is 0 Å². The maximum absolute atomic E-state index is 12.9. The summed E-state index contributed by atoms with van der Waals surface area (Å²) in [6.45, 7) is 1.35. The highest BCUT2D eigenvalue weighted by Crippen LogP contribution is 2.27. The first kappa shape index (κ1) is 19.5. The number of amides is 2. The van der Waals surface area contributed by atoms with E-state index in [1.54, 1.807) is 0 Å². The van der Waals surface area contributed by atoms with Gasteiger partial charge in [0, 0.05) is 13.1 Å². The zero-order chi connectivity index (χ0) is 20.1. The third-order valence-electron chi connectivity index (χ3n) is 5.14. The number of hydrogen-bond donors (Lipinski definition) is 0. The molecule has 29 heavy (non-hydrogen) atoms. The summed E-state index contributed by atoms with van der Waals surface area (Å²) in [5.41, 5.74) is 4.03. The monoisotopic (exact) mass is 404 g/mol. The minimum Gasteiger partial charge on any atom is -0.311 e. The Kier molecular flexibility index (Phi) is 6.15. The lowest BCUT2D eigenvalue weighted by Crippen LogP contribution is -2.35. The van der Waals surface area contributed by atoms with Crippen LogP contribution in [-0.4, -0.2) is 36.4 Å². The van der Waals surface area contributed by atoms with Crippen LogP contribution in [0.4, 0.5) is 11.4 Å². The van der Waals surface area contributed by atoms with E-state index in [1.165, 1.54) is 11.8 Å². The molecule has 0 saturated heterocycles. The highest BCUT2D eigenvalue weighted by atomic mass is 32.2. The van der Waals surface area contributed by atoms with E-state index in [9.17, 15) is 9.59 Å². The summed E-state index contributed by atoms with van der Waals surface area (Å²) in [6, 6.07) is 15.9. The number of carbonyl (C=O) groups excluding carboxylic acids is 2. The van der Waals surface area contributed by atoms with Crippen LogP contribution in [0.2, 0.25) is 0 Å². The Morgan fingerprint density at radius 1 is 0.724 bits per heavy atom. The topological polar surface area (TPSA) is 40.6 Å². The van der Waals surface area contributed by atoms with Gasteiger partial charge in [-0.2, -0.15) is 0 Å². The Labute approximate surface area is 175 Å². The standard InChI is InChI=1S/C24H24N2O2S/c27-23(25-15-7-5-11-19-9-1-3-13-21(19)25)17-29-18-24(28)26-16-8-6-12-20-10-2-4-14-22(20)26/h1-6,9-14H,7-8,15-18H2. The van der Waals surface area contributed by atoms with Crippen LogP contribution >= 0.6 is 11.8 Å². The van der Waals surface area contributed by atoms with Crippen LogP contribution < -0.4 is 9.80 Å². The Hall–Kier alpha value is -2.79. The van der Waals surface area contributed by atoms with E-state index in [1.807, 2.05) is 58.3 Å². The molecule has 2 aliphatic heterocycles. The summed E-state index contributed by atoms with van der Waals surface area (Å²) in [5.74, 6) is 0.704. The fourth-order valence-corrected chi connectivity index (χ4v) is 4.48. The number of anilines is 2. The van der Waals surface area contributed by atoms with Gasteiger partial charge in [0.25, 0.3) is 0 Å². The van der Waals surface area contributed by atoms with Gasteiger partial charge in [0.05, 0.1) is 22.9 Å². The van der Waals surface area contributed by atoms with Gasteiger partial charge in [-0.3, -0.25) is 9.59 Å². The summed E-state index contributed by atoms with van der Waals surface area (Å²) in [7, 11) is 0. The molecule has 148 valence electrons. The Morgan fingerprint density at radius 3 is 1.66 bits per heavy atom. The summed E-state index contributed by atoms with van der Waals surface area (Å²) in [4.78, 5) is 29.4. The van der Waals surface area contributed by atoms with Crippen LogP contribution in [-0.2, 0) is 9.59 Å². The van der Waals surface area contributed by atoms with Crippen LogP contribution in [0.1, 0.15) is 24.0 Å². The molecule has 0 radical (unpaired) electrons. The molecular formula is C24H24N2O2S. The van der Waals surface area contributed by atoms with Crippen molar-refractivity contribution in [1.82, 2.24) is 0 Å². The van der Waals surface area contributed by atoms with Gasteiger partial charge in [-0.1, -0.05) is 60.7 Å². The highest BCUT2D eigenvalue weighted by Gasteiger charge is 2.22. The molecule has 0 fully saturated rings. The van der Waals surface area contributed by atoms with Crippen LogP contribution in [0.25, 0.3) is 12.2 Å². The third-order valence-corrected chi connectivity index (χ3v) is 6.04. The molecule has 0 bridgehead atoms. The SMILES string of the molecule is O=C(CSCC(=O)N1CCC=Cc2ccccc21)N1CCC=Cc2ccccc21. The number of nitrogens with zero attached hydrogens (tertiary/aromatic N) is 2. The zero-order valence-corrected chi connectivity index (χ0v) is 17.1. The van der Waals surface area contributed by atoms with Crippen LogP contribution in [0.5, 0.6) is 0 Å². The van der Waals surface area contributed by atoms with Crippen molar-refractivity contribution >= 4 is 47.1 Å². The molecule has 4 nitrogen and oxygen atoms in total. The molecule has 0 aliphatic carbocycles. The lowest BCUT2D eigenvalue weighted by molar-refractivity contribution is -0.116. The van der Waals surface area contributed by atoms with Crippen molar-refractivity contribution in [2.24, 2.45) is 0 Å². The number of carbonyl (C=O) groups is 2. The van der Waals surface area contributed by atoms with Crippen LogP contribution in [0.3, 0.4) is 0 Å². The van der Waals surface area contributed by atoms with Crippen molar-refractivity contribution in [1.29, 1.82) is 0 Å². The molecule has 2 aliphatic rings. The molecule has 0 unspecified atom stereocenters. The normalized spacial score (nSPS) is 15.3. The molecule has 0 N–H and O–H groups in total. The first-order chi connectivity index (χ1) is 14.2. The maximum Gasteiger partial charge on any atom is 0.237 e. The number of fused-ring (bicyclic) bond motifs is 2. The highest BCUT2D eigenvalue weighted by molar-refractivity contribution is 8.00. The van der Waals surface area contributed by atoms with Gasteiger partial charge >= 0.3 is 0 Å². The minimum atomic E-state index is 0.0527. The average Bonchev–Trinajstić information content (AvgIpc) is 3.10. The van der Waals surface area contributed by atoms with E-state index >= 15 is 0 Å². The first-order valence-corrected chi connectivity index (χ1v) is 11.1. The molecule has 0 saturated carbocycles. The van der Waals surface area contributed by atoms with Gasteiger partial charge in [-0.05, 0) is 36.1 Å². The van der Waals surface area contributed by atoms with E-state index in [0.717, 1.165) is 35.3 Å². The van der Waals surface area contributed by atoms with Gasteiger partial charge in [-0.25, -0.2) is 0 Å². The summed E-state index contributed by atoms with van der Waals surface area (Å²) < 4.78 is 0. The molecule has 0 aromatic heterocycles. The molecular weight excluding hydrogens is 380 g/mol. The van der Waals surface area contributed by atoms with Crippen molar-refractivity contribution in [3.8, 4) is 0 Å². The van der Waals surface area contributed by atoms with E-state index in [2.05, 4.69) is 24.3 Å². The number of benzene rings is 2. The minimum absolute atomic E-state index is 0.0527. The van der Waals surface area contributed by atoms with Crippen LogP contribution in [0.15, 0.2) is 60.7 Å².